The number of aromatic nitrogens is 2. The first-order valence-corrected chi connectivity index (χ1v) is 11.2. The average Bonchev–Trinajstić information content (AvgIpc) is 3.21. The first kappa shape index (κ1) is 22.4. The highest BCUT2D eigenvalue weighted by molar-refractivity contribution is 7.99. The molecule has 3 rings (SSSR count). The fourth-order valence-electron chi connectivity index (χ4n) is 2.81. The van der Waals surface area contributed by atoms with Crippen LogP contribution in [-0.2, 0) is 4.79 Å². The number of benzene rings is 1. The topological polar surface area (TPSA) is 122 Å². The first-order valence-electron chi connectivity index (χ1n) is 9.31. The van der Waals surface area contributed by atoms with Crippen LogP contribution in [0.2, 0.25) is 0 Å². The smallest absolute Gasteiger partial charge is 0.270 e. The van der Waals surface area contributed by atoms with Crippen LogP contribution in [0, 0.1) is 42.2 Å². The number of aryl methyl sites for hydroxylation is 1. The Balaban J connectivity index is 1.60. The highest BCUT2D eigenvalue weighted by Crippen LogP contribution is 2.29. The number of nitrogens with one attached hydrogen (secondary N) is 1. The molecule has 0 atom stereocenters. The van der Waals surface area contributed by atoms with Crippen molar-refractivity contribution >= 4 is 39.8 Å². The van der Waals surface area contributed by atoms with Crippen molar-refractivity contribution in [1.82, 2.24) is 9.97 Å². The molecule has 0 radical (unpaired) electrons. The second-order valence-corrected chi connectivity index (χ2v) is 8.67. The molecule has 3 aromatic rings. The van der Waals surface area contributed by atoms with Gasteiger partial charge in [0, 0.05) is 40.9 Å². The summed E-state index contributed by atoms with van der Waals surface area (Å²) in [6.45, 7) is 5.75. The van der Waals surface area contributed by atoms with Crippen LogP contribution in [0.25, 0.3) is 11.3 Å². The summed E-state index contributed by atoms with van der Waals surface area (Å²) in [5.41, 5.74) is 4.50. The molecule has 10 heteroatoms. The molecule has 158 valence electrons. The molecule has 1 N–H and O–H groups in total. The number of amides is 1. The summed E-state index contributed by atoms with van der Waals surface area (Å²) in [6, 6.07) is 8.40. The van der Waals surface area contributed by atoms with Crippen molar-refractivity contribution in [2.45, 2.75) is 32.2 Å². The molecule has 0 bridgehead atoms. The number of nitrogens with zero attached hydrogens (tertiary/aromatic N) is 4. The number of carbonyl (C=O) groups is 1. The Morgan fingerprint density at radius 3 is 2.77 bits per heavy atom. The predicted octanol–water partition coefficient (Wildman–Crippen LogP) is 5.03. The molecular weight excluding hydrogens is 434 g/mol. The van der Waals surface area contributed by atoms with Crippen LogP contribution >= 0.6 is 23.1 Å². The summed E-state index contributed by atoms with van der Waals surface area (Å²) in [5.74, 6) is 0.268. The van der Waals surface area contributed by atoms with Crippen LogP contribution in [0.3, 0.4) is 0 Å². The van der Waals surface area contributed by atoms with Crippen molar-refractivity contribution in [2.75, 3.05) is 11.1 Å². The molecule has 2 aromatic heterocycles. The normalized spacial score (nSPS) is 10.5. The molecule has 31 heavy (non-hydrogen) atoms. The average molecular weight is 454 g/mol. The van der Waals surface area contributed by atoms with Gasteiger partial charge in [-0.25, -0.2) is 9.97 Å². The van der Waals surface area contributed by atoms with Crippen molar-refractivity contribution < 1.29 is 9.72 Å². The summed E-state index contributed by atoms with van der Waals surface area (Å²) in [5, 5.41) is 25.9. The van der Waals surface area contributed by atoms with Crippen molar-refractivity contribution in [3.05, 3.63) is 62.1 Å². The van der Waals surface area contributed by atoms with Gasteiger partial charge in [-0.05, 0) is 31.9 Å². The lowest BCUT2D eigenvalue weighted by atomic mass is 10.1. The number of pyridine rings is 1. The zero-order valence-electron chi connectivity index (χ0n) is 17.1. The Morgan fingerprint density at radius 1 is 1.29 bits per heavy atom. The van der Waals surface area contributed by atoms with E-state index in [-0.39, 0.29) is 18.0 Å². The molecule has 8 nitrogen and oxygen atoms in total. The van der Waals surface area contributed by atoms with Crippen LogP contribution in [0.5, 0.6) is 0 Å². The summed E-state index contributed by atoms with van der Waals surface area (Å²) < 4.78 is 0. The minimum Gasteiger partial charge on any atom is -0.302 e. The quantitative estimate of drug-likeness (QED) is 0.302. The number of hydrogen-bond acceptors (Lipinski definition) is 8. The number of thioether (sulfide) groups is 1. The lowest BCUT2D eigenvalue weighted by Gasteiger charge is -2.10. The Kier molecular flexibility index (Phi) is 6.99. The number of nitro benzene ring substituents is 1. The lowest BCUT2D eigenvalue weighted by Crippen LogP contribution is -2.12. The maximum atomic E-state index is 12.3. The highest BCUT2D eigenvalue weighted by atomic mass is 32.2. The number of nitro groups is 1. The Labute approximate surface area is 187 Å². The van der Waals surface area contributed by atoms with Gasteiger partial charge in [0.1, 0.15) is 11.1 Å². The largest absolute Gasteiger partial charge is 0.302 e. The fourth-order valence-corrected chi connectivity index (χ4v) is 4.57. The summed E-state index contributed by atoms with van der Waals surface area (Å²) in [6.07, 6.45) is 0.231. The molecule has 0 spiro atoms. The monoisotopic (exact) mass is 453 g/mol. The Hall–Kier alpha value is -3.29. The van der Waals surface area contributed by atoms with Gasteiger partial charge < -0.3 is 5.32 Å². The molecular formula is C21H19N5O3S2. The first-order chi connectivity index (χ1) is 14.8. The third-order valence-electron chi connectivity index (χ3n) is 4.75. The number of rotatable bonds is 7. The summed E-state index contributed by atoms with van der Waals surface area (Å²) in [7, 11) is 0. The van der Waals surface area contributed by atoms with Gasteiger partial charge in [-0.2, -0.15) is 5.26 Å². The van der Waals surface area contributed by atoms with E-state index in [0.29, 0.717) is 32.7 Å². The molecule has 0 fully saturated rings. The van der Waals surface area contributed by atoms with Crippen LogP contribution < -0.4 is 5.32 Å². The van der Waals surface area contributed by atoms with Crippen molar-refractivity contribution in [3.8, 4) is 17.3 Å². The van der Waals surface area contributed by atoms with E-state index < -0.39 is 4.92 Å². The van der Waals surface area contributed by atoms with Gasteiger partial charge in [0.25, 0.3) is 5.69 Å². The summed E-state index contributed by atoms with van der Waals surface area (Å²) in [4.78, 5) is 31.6. The van der Waals surface area contributed by atoms with E-state index in [1.807, 2.05) is 20.8 Å². The summed E-state index contributed by atoms with van der Waals surface area (Å²) >= 11 is 2.63. The van der Waals surface area contributed by atoms with E-state index in [0.717, 1.165) is 16.8 Å². The number of anilines is 1. The second-order valence-electron chi connectivity index (χ2n) is 6.73. The number of carbonyl (C=O) groups excluding carboxylic acids is 1. The van der Waals surface area contributed by atoms with E-state index in [1.165, 1.54) is 35.2 Å². The van der Waals surface area contributed by atoms with Gasteiger partial charge in [-0.3, -0.25) is 14.9 Å². The van der Waals surface area contributed by atoms with Crippen molar-refractivity contribution in [2.24, 2.45) is 0 Å². The van der Waals surface area contributed by atoms with E-state index >= 15 is 0 Å². The van der Waals surface area contributed by atoms with E-state index in [2.05, 4.69) is 21.4 Å². The van der Waals surface area contributed by atoms with E-state index in [1.54, 1.807) is 17.5 Å². The van der Waals surface area contributed by atoms with Gasteiger partial charge in [0.2, 0.25) is 5.91 Å². The van der Waals surface area contributed by atoms with Gasteiger partial charge in [0.05, 0.1) is 16.2 Å². The molecule has 0 aliphatic rings. The number of nitriles is 1. The van der Waals surface area contributed by atoms with Gasteiger partial charge in [-0.1, -0.05) is 12.1 Å². The van der Waals surface area contributed by atoms with Gasteiger partial charge in [-0.15, -0.1) is 23.1 Å². The fraction of sp³-hybridized carbons (Fsp3) is 0.238. The zero-order valence-corrected chi connectivity index (χ0v) is 18.8. The Morgan fingerprint density at radius 2 is 2.06 bits per heavy atom. The van der Waals surface area contributed by atoms with Crippen molar-refractivity contribution in [1.29, 1.82) is 5.26 Å². The van der Waals surface area contributed by atoms with Crippen LogP contribution in [0.15, 0.2) is 34.7 Å². The molecule has 0 aliphatic carbocycles. The lowest BCUT2D eigenvalue weighted by molar-refractivity contribution is -0.384. The molecule has 1 aromatic carbocycles. The van der Waals surface area contributed by atoms with E-state index in [4.69, 9.17) is 0 Å². The van der Waals surface area contributed by atoms with Gasteiger partial charge in [0.15, 0.2) is 5.13 Å². The van der Waals surface area contributed by atoms with Crippen molar-refractivity contribution in [3.63, 3.8) is 0 Å². The van der Waals surface area contributed by atoms with E-state index in [9.17, 15) is 20.2 Å². The molecule has 0 aliphatic heterocycles. The molecule has 2 heterocycles. The maximum Gasteiger partial charge on any atom is 0.270 e. The third-order valence-corrected chi connectivity index (χ3v) is 6.48. The minimum atomic E-state index is -0.458. The van der Waals surface area contributed by atoms with Crippen LogP contribution in [0.1, 0.15) is 28.8 Å². The predicted molar refractivity (Wildman–Crippen MR) is 121 cm³/mol. The highest BCUT2D eigenvalue weighted by Gasteiger charge is 2.14. The third kappa shape index (κ3) is 5.25. The second kappa shape index (κ2) is 9.68. The van der Waals surface area contributed by atoms with Gasteiger partial charge >= 0.3 is 0 Å². The zero-order chi connectivity index (χ0) is 22.5. The number of non-ortho nitro benzene ring substituents is 1. The Bertz CT molecular complexity index is 1200. The number of hydrogen-bond donors (Lipinski definition) is 1. The maximum absolute atomic E-state index is 12.3. The standard InChI is InChI=1S/C21H19N5O3S2/c1-12-13(2)17(10-22)20(23-14(12)3)30-8-7-19(27)25-21-24-18(11-31-21)15-5-4-6-16(9-15)26(28)29/h4-6,9,11H,7-8H2,1-3H3,(H,24,25,27). The number of thiazole rings is 1. The van der Waals surface area contributed by atoms with Crippen LogP contribution in [0.4, 0.5) is 10.8 Å². The minimum absolute atomic E-state index is 0.0139. The molecule has 0 saturated carbocycles. The van der Waals surface area contributed by atoms with Crippen LogP contribution in [-0.4, -0.2) is 26.6 Å². The SMILES string of the molecule is Cc1nc(SCCC(=O)Nc2nc(-c3cccc([N+](=O)[O-])c3)cs2)c(C#N)c(C)c1C. The molecule has 0 unspecified atom stereocenters. The molecule has 0 saturated heterocycles. The molecule has 1 amide bonds.